The SMILES string of the molecule is COc1cc2ncnc(Nc3ccc(OCc4cccc(F)c4)c(Br)c3)c2cc1-c1csc(C(C)NCCS(=O)(=O)c2ccccc2)n1. The van der Waals surface area contributed by atoms with Gasteiger partial charge in [-0.05, 0) is 76.9 Å². The molecule has 48 heavy (non-hydrogen) atoms. The van der Waals surface area contributed by atoms with Gasteiger partial charge in [-0.3, -0.25) is 0 Å². The van der Waals surface area contributed by atoms with Crippen molar-refractivity contribution >= 4 is 59.5 Å². The molecule has 0 spiro atoms. The minimum absolute atomic E-state index is 0.0188. The van der Waals surface area contributed by atoms with Gasteiger partial charge >= 0.3 is 0 Å². The van der Waals surface area contributed by atoms with Gasteiger partial charge in [0.1, 0.15) is 41.1 Å². The lowest BCUT2D eigenvalue weighted by Crippen LogP contribution is -2.25. The van der Waals surface area contributed by atoms with Gasteiger partial charge in [0.15, 0.2) is 9.84 Å². The van der Waals surface area contributed by atoms with Crippen LogP contribution in [-0.2, 0) is 16.4 Å². The van der Waals surface area contributed by atoms with Crippen LogP contribution in [0.3, 0.4) is 0 Å². The Hall–Kier alpha value is -4.43. The van der Waals surface area contributed by atoms with E-state index in [2.05, 4.69) is 36.5 Å². The highest BCUT2D eigenvalue weighted by Gasteiger charge is 2.19. The summed E-state index contributed by atoms with van der Waals surface area (Å²) in [5.74, 6) is 1.49. The van der Waals surface area contributed by atoms with Gasteiger partial charge < -0.3 is 20.1 Å². The summed E-state index contributed by atoms with van der Waals surface area (Å²) in [7, 11) is -1.78. The highest BCUT2D eigenvalue weighted by atomic mass is 79.9. The standard InChI is InChI=1S/C35H31BrFN5O4S2/c1-22(38-13-14-48(43,44)26-9-4-3-5-10-26)35-42-31(20-47-35)27-17-28-30(18-33(27)45-2)39-21-40-34(28)41-25-11-12-32(29(36)16-25)46-19-23-7-6-8-24(37)15-23/h3-12,15-18,20-22,38H,13-14,19H2,1-2H3,(H,39,40,41). The van der Waals surface area contributed by atoms with Gasteiger partial charge in [-0.1, -0.05) is 30.3 Å². The lowest BCUT2D eigenvalue weighted by molar-refractivity contribution is 0.303. The summed E-state index contributed by atoms with van der Waals surface area (Å²) in [6.45, 7) is 2.48. The Balaban J connectivity index is 1.18. The molecule has 246 valence electrons. The van der Waals surface area contributed by atoms with Gasteiger partial charge in [0.25, 0.3) is 0 Å². The number of hydrogen-bond donors (Lipinski definition) is 2. The van der Waals surface area contributed by atoms with Crippen molar-refractivity contribution in [2.75, 3.05) is 24.7 Å². The summed E-state index contributed by atoms with van der Waals surface area (Å²) in [6, 6.07) is 24.0. The van der Waals surface area contributed by atoms with Gasteiger partial charge in [-0.25, -0.2) is 27.8 Å². The van der Waals surface area contributed by atoms with Crippen molar-refractivity contribution in [3.8, 4) is 22.8 Å². The van der Waals surface area contributed by atoms with Crippen LogP contribution in [0.4, 0.5) is 15.9 Å². The number of anilines is 2. The number of fused-ring (bicyclic) bond motifs is 1. The van der Waals surface area contributed by atoms with E-state index >= 15 is 0 Å². The first kappa shape index (κ1) is 33.5. The molecule has 0 saturated heterocycles. The van der Waals surface area contributed by atoms with Crippen molar-refractivity contribution in [2.24, 2.45) is 0 Å². The number of nitrogens with zero attached hydrogens (tertiary/aromatic N) is 3. The molecule has 0 aliphatic rings. The van der Waals surface area contributed by atoms with E-state index in [1.807, 2.05) is 48.7 Å². The van der Waals surface area contributed by atoms with E-state index in [1.54, 1.807) is 43.5 Å². The molecule has 4 aromatic carbocycles. The van der Waals surface area contributed by atoms with Crippen LogP contribution in [-0.4, -0.2) is 42.8 Å². The third kappa shape index (κ3) is 7.81. The van der Waals surface area contributed by atoms with Crippen LogP contribution in [0.15, 0.2) is 106 Å². The second-order valence-corrected chi connectivity index (χ2v) is 14.7. The summed E-state index contributed by atoms with van der Waals surface area (Å²) in [5.41, 5.74) is 3.67. The van der Waals surface area contributed by atoms with Crippen LogP contribution in [0.1, 0.15) is 23.5 Å². The first-order chi connectivity index (χ1) is 23.2. The van der Waals surface area contributed by atoms with Crippen molar-refractivity contribution in [3.63, 3.8) is 0 Å². The summed E-state index contributed by atoms with van der Waals surface area (Å²) in [4.78, 5) is 14.2. The summed E-state index contributed by atoms with van der Waals surface area (Å²) >= 11 is 5.06. The number of rotatable bonds is 13. The fourth-order valence-electron chi connectivity index (χ4n) is 5.03. The van der Waals surface area contributed by atoms with E-state index in [9.17, 15) is 12.8 Å². The lowest BCUT2D eigenvalue weighted by Gasteiger charge is -2.14. The van der Waals surface area contributed by atoms with E-state index in [4.69, 9.17) is 14.5 Å². The van der Waals surface area contributed by atoms with E-state index in [-0.39, 0.29) is 30.8 Å². The van der Waals surface area contributed by atoms with Gasteiger partial charge in [0.05, 0.1) is 39.5 Å². The number of hydrogen-bond acceptors (Lipinski definition) is 10. The minimum atomic E-state index is -3.39. The maximum absolute atomic E-state index is 13.5. The average Bonchev–Trinajstić information content (AvgIpc) is 3.58. The van der Waals surface area contributed by atoms with Crippen LogP contribution in [0.25, 0.3) is 22.2 Å². The predicted octanol–water partition coefficient (Wildman–Crippen LogP) is 8.11. The smallest absolute Gasteiger partial charge is 0.179 e. The van der Waals surface area contributed by atoms with Crippen molar-refractivity contribution < 1.29 is 22.3 Å². The van der Waals surface area contributed by atoms with Crippen LogP contribution in [0.2, 0.25) is 0 Å². The highest BCUT2D eigenvalue weighted by Crippen LogP contribution is 2.38. The Morgan fingerprint density at radius 2 is 1.81 bits per heavy atom. The number of nitrogens with one attached hydrogen (secondary N) is 2. The molecular weight excluding hydrogens is 717 g/mol. The molecule has 0 fully saturated rings. The van der Waals surface area contributed by atoms with E-state index in [0.29, 0.717) is 27.7 Å². The Morgan fingerprint density at radius 3 is 2.58 bits per heavy atom. The van der Waals surface area contributed by atoms with Gasteiger partial charge in [0.2, 0.25) is 0 Å². The third-order valence-electron chi connectivity index (χ3n) is 7.53. The third-order valence-corrected chi connectivity index (χ3v) is 10.9. The van der Waals surface area contributed by atoms with Gasteiger partial charge in [-0.15, -0.1) is 11.3 Å². The summed E-state index contributed by atoms with van der Waals surface area (Å²) in [6.07, 6.45) is 1.49. The van der Waals surface area contributed by atoms with E-state index in [1.165, 1.54) is 29.8 Å². The molecule has 1 unspecified atom stereocenters. The van der Waals surface area contributed by atoms with E-state index < -0.39 is 9.84 Å². The quantitative estimate of drug-likeness (QED) is 0.121. The average molecular weight is 749 g/mol. The minimum Gasteiger partial charge on any atom is -0.496 e. The molecule has 9 nitrogen and oxygen atoms in total. The molecule has 0 aliphatic heterocycles. The Labute approximate surface area is 290 Å². The van der Waals surface area contributed by atoms with Gasteiger partial charge in [-0.2, -0.15) is 0 Å². The fraction of sp³-hybridized carbons (Fsp3) is 0.171. The van der Waals surface area contributed by atoms with Crippen LogP contribution < -0.4 is 20.1 Å². The first-order valence-corrected chi connectivity index (χ1v) is 18.3. The Kier molecular flexibility index (Phi) is 10.3. The van der Waals surface area contributed by atoms with Crippen LogP contribution >= 0.6 is 27.3 Å². The number of methoxy groups -OCH3 is 1. The second-order valence-electron chi connectivity index (χ2n) is 10.9. The molecule has 2 aromatic heterocycles. The molecule has 2 heterocycles. The van der Waals surface area contributed by atoms with Gasteiger partial charge in [0, 0.05) is 34.6 Å². The summed E-state index contributed by atoms with van der Waals surface area (Å²) in [5, 5.41) is 10.2. The number of ether oxygens (including phenoxy) is 2. The molecule has 0 radical (unpaired) electrons. The van der Waals surface area contributed by atoms with Crippen LogP contribution in [0, 0.1) is 5.82 Å². The molecule has 0 amide bonds. The molecule has 0 aliphatic carbocycles. The van der Waals surface area contributed by atoms with E-state index in [0.717, 1.165) is 37.4 Å². The molecule has 6 rings (SSSR count). The molecule has 0 bridgehead atoms. The number of thiazole rings is 1. The van der Waals surface area contributed by atoms with Crippen molar-refractivity contribution in [3.05, 3.63) is 117 Å². The van der Waals surface area contributed by atoms with Crippen molar-refractivity contribution in [1.82, 2.24) is 20.3 Å². The number of halogens is 2. The predicted molar refractivity (Wildman–Crippen MR) is 190 cm³/mol. The molecule has 1 atom stereocenters. The Bertz CT molecular complexity index is 2170. The lowest BCUT2D eigenvalue weighted by atomic mass is 10.1. The zero-order valence-electron chi connectivity index (χ0n) is 26.0. The first-order valence-electron chi connectivity index (χ1n) is 14.9. The second kappa shape index (κ2) is 14.8. The monoisotopic (exact) mass is 747 g/mol. The zero-order chi connectivity index (χ0) is 33.7. The fourth-order valence-corrected chi connectivity index (χ4v) is 7.56. The number of aromatic nitrogens is 3. The molecule has 0 saturated carbocycles. The highest BCUT2D eigenvalue weighted by molar-refractivity contribution is 9.10. The summed E-state index contributed by atoms with van der Waals surface area (Å²) < 4.78 is 51.2. The van der Waals surface area contributed by atoms with Crippen molar-refractivity contribution in [2.45, 2.75) is 24.5 Å². The maximum Gasteiger partial charge on any atom is 0.179 e. The molecule has 13 heteroatoms. The molecular formula is C35H31BrFN5O4S2. The number of benzene rings is 4. The molecule has 2 N–H and O–H groups in total. The maximum atomic E-state index is 13.5. The van der Waals surface area contributed by atoms with Crippen LogP contribution in [0.5, 0.6) is 11.5 Å². The largest absolute Gasteiger partial charge is 0.496 e. The Morgan fingerprint density at radius 1 is 0.979 bits per heavy atom. The zero-order valence-corrected chi connectivity index (χ0v) is 29.2. The van der Waals surface area contributed by atoms with Crippen molar-refractivity contribution in [1.29, 1.82) is 0 Å². The topological polar surface area (TPSA) is 115 Å². The normalized spacial score (nSPS) is 12.2. The molecule has 6 aromatic rings. The number of sulfone groups is 1.